The molecule has 3 N–H and O–H groups in total. The number of benzene rings is 2. The van der Waals surface area contributed by atoms with Crippen molar-refractivity contribution >= 4 is 11.9 Å². The number of rotatable bonds is 4. The average molecular weight is 326 g/mol. The summed E-state index contributed by atoms with van der Waals surface area (Å²) in [5.74, 6) is 5.20. The highest BCUT2D eigenvalue weighted by Crippen LogP contribution is 2.26. The van der Waals surface area contributed by atoms with E-state index in [2.05, 4.69) is 19.3 Å². The van der Waals surface area contributed by atoms with Gasteiger partial charge < -0.3 is 4.74 Å². The number of hydrogen-bond donors (Lipinski definition) is 2. The van der Waals surface area contributed by atoms with Crippen LogP contribution in [0.4, 0.5) is 0 Å². The first-order valence-electron chi connectivity index (χ1n) is 7.77. The molecule has 2 aromatic carbocycles. The standard InChI is InChI=1S/C19H22N2O3/c1-11(2)14-5-7-15(8-6-14)19(23)24-17-12(3)9-16(10-13(17)4)18(22)21-20/h5-11H,20H2,1-4H3,(H,21,22). The van der Waals surface area contributed by atoms with Crippen molar-refractivity contribution in [2.24, 2.45) is 5.84 Å². The molecular weight excluding hydrogens is 304 g/mol. The second kappa shape index (κ2) is 7.27. The Balaban J connectivity index is 2.24. The van der Waals surface area contributed by atoms with Crippen LogP contribution in [-0.2, 0) is 0 Å². The van der Waals surface area contributed by atoms with Gasteiger partial charge in [-0.15, -0.1) is 0 Å². The van der Waals surface area contributed by atoms with E-state index in [-0.39, 0.29) is 5.91 Å². The van der Waals surface area contributed by atoms with Crippen molar-refractivity contribution in [1.29, 1.82) is 0 Å². The van der Waals surface area contributed by atoms with Gasteiger partial charge in [-0.05, 0) is 60.7 Å². The summed E-state index contributed by atoms with van der Waals surface area (Å²) < 4.78 is 5.53. The van der Waals surface area contributed by atoms with Gasteiger partial charge in [0.15, 0.2) is 0 Å². The summed E-state index contributed by atoms with van der Waals surface area (Å²) in [4.78, 5) is 24.0. The minimum Gasteiger partial charge on any atom is -0.422 e. The molecule has 0 saturated heterocycles. The van der Waals surface area contributed by atoms with E-state index in [4.69, 9.17) is 10.6 Å². The number of nitrogens with two attached hydrogens (primary N) is 1. The molecule has 0 aliphatic heterocycles. The summed E-state index contributed by atoms with van der Waals surface area (Å²) in [5, 5.41) is 0. The zero-order valence-electron chi connectivity index (χ0n) is 14.3. The lowest BCUT2D eigenvalue weighted by molar-refractivity contribution is 0.0732. The average Bonchev–Trinajstić information content (AvgIpc) is 2.57. The van der Waals surface area contributed by atoms with Gasteiger partial charge in [-0.3, -0.25) is 10.2 Å². The van der Waals surface area contributed by atoms with Crippen molar-refractivity contribution in [2.45, 2.75) is 33.6 Å². The summed E-state index contributed by atoms with van der Waals surface area (Å²) in [6.45, 7) is 7.76. The van der Waals surface area contributed by atoms with Crippen LogP contribution in [0, 0.1) is 13.8 Å². The molecular formula is C19H22N2O3. The van der Waals surface area contributed by atoms with E-state index < -0.39 is 5.97 Å². The van der Waals surface area contributed by atoms with Crippen molar-refractivity contribution in [1.82, 2.24) is 5.43 Å². The van der Waals surface area contributed by atoms with Gasteiger partial charge in [-0.1, -0.05) is 26.0 Å². The molecule has 5 nitrogen and oxygen atoms in total. The number of carbonyl (C=O) groups excluding carboxylic acids is 2. The maximum atomic E-state index is 12.4. The Hall–Kier alpha value is -2.66. The van der Waals surface area contributed by atoms with Gasteiger partial charge >= 0.3 is 5.97 Å². The van der Waals surface area contributed by atoms with E-state index >= 15 is 0 Å². The number of ether oxygens (including phenoxy) is 1. The third-order valence-corrected chi connectivity index (χ3v) is 3.86. The SMILES string of the molecule is Cc1cc(C(=O)NN)cc(C)c1OC(=O)c1ccc(C(C)C)cc1. The van der Waals surface area contributed by atoms with Crippen LogP contribution in [0.3, 0.4) is 0 Å². The largest absolute Gasteiger partial charge is 0.422 e. The van der Waals surface area contributed by atoms with Crippen LogP contribution >= 0.6 is 0 Å². The van der Waals surface area contributed by atoms with Crippen LogP contribution in [0.1, 0.15) is 57.2 Å². The van der Waals surface area contributed by atoms with Gasteiger partial charge in [0.2, 0.25) is 0 Å². The summed E-state index contributed by atoms with van der Waals surface area (Å²) in [7, 11) is 0. The fourth-order valence-corrected chi connectivity index (χ4v) is 2.48. The van der Waals surface area contributed by atoms with Crippen LogP contribution in [0.25, 0.3) is 0 Å². The summed E-state index contributed by atoms with van der Waals surface area (Å²) in [6.07, 6.45) is 0. The van der Waals surface area contributed by atoms with Crippen LogP contribution < -0.4 is 16.0 Å². The quantitative estimate of drug-likeness (QED) is 0.297. The first-order chi connectivity index (χ1) is 11.3. The number of carbonyl (C=O) groups is 2. The minimum atomic E-state index is -0.424. The van der Waals surface area contributed by atoms with Gasteiger partial charge in [0.1, 0.15) is 5.75 Å². The van der Waals surface area contributed by atoms with Crippen LogP contribution in [-0.4, -0.2) is 11.9 Å². The van der Waals surface area contributed by atoms with E-state index in [1.54, 1.807) is 38.1 Å². The number of nitrogens with one attached hydrogen (secondary N) is 1. The van der Waals surface area contributed by atoms with Gasteiger partial charge in [-0.25, -0.2) is 10.6 Å². The first-order valence-corrected chi connectivity index (χ1v) is 7.77. The predicted molar refractivity (Wildman–Crippen MR) is 93.1 cm³/mol. The van der Waals surface area contributed by atoms with Gasteiger partial charge in [0.25, 0.3) is 5.91 Å². The molecule has 0 aliphatic carbocycles. The molecule has 0 unspecified atom stereocenters. The smallest absolute Gasteiger partial charge is 0.343 e. The van der Waals surface area contributed by atoms with Crippen molar-refractivity contribution < 1.29 is 14.3 Å². The van der Waals surface area contributed by atoms with Crippen molar-refractivity contribution in [2.75, 3.05) is 0 Å². The maximum absolute atomic E-state index is 12.4. The van der Waals surface area contributed by atoms with Gasteiger partial charge in [-0.2, -0.15) is 0 Å². The molecule has 0 aromatic heterocycles. The molecule has 0 bridgehead atoms. The van der Waals surface area contributed by atoms with E-state index in [0.29, 0.717) is 33.9 Å². The highest BCUT2D eigenvalue weighted by Gasteiger charge is 2.15. The van der Waals surface area contributed by atoms with Crippen molar-refractivity contribution in [3.05, 3.63) is 64.2 Å². The fraction of sp³-hybridized carbons (Fsp3) is 0.263. The first kappa shape index (κ1) is 17.7. The third-order valence-electron chi connectivity index (χ3n) is 3.86. The fourth-order valence-electron chi connectivity index (χ4n) is 2.48. The van der Waals surface area contributed by atoms with Crippen LogP contribution in [0.5, 0.6) is 5.75 Å². The molecule has 0 aliphatic rings. The lowest BCUT2D eigenvalue weighted by Crippen LogP contribution is -2.30. The van der Waals surface area contributed by atoms with E-state index in [0.717, 1.165) is 5.56 Å². The molecule has 0 atom stereocenters. The maximum Gasteiger partial charge on any atom is 0.343 e. The van der Waals surface area contributed by atoms with Crippen molar-refractivity contribution in [3.8, 4) is 5.75 Å². The second-order valence-electron chi connectivity index (χ2n) is 6.08. The molecule has 0 spiro atoms. The Morgan fingerprint density at radius 2 is 1.54 bits per heavy atom. The zero-order chi connectivity index (χ0) is 17.9. The van der Waals surface area contributed by atoms with Crippen LogP contribution in [0.15, 0.2) is 36.4 Å². The number of esters is 1. The number of aryl methyl sites for hydroxylation is 2. The Bertz CT molecular complexity index is 742. The number of hydrazine groups is 1. The number of amides is 1. The number of nitrogen functional groups attached to an aromatic ring is 1. The molecule has 0 fully saturated rings. The van der Waals surface area contributed by atoms with E-state index in [9.17, 15) is 9.59 Å². The Morgan fingerprint density at radius 1 is 1.00 bits per heavy atom. The topological polar surface area (TPSA) is 81.4 Å². The second-order valence-corrected chi connectivity index (χ2v) is 6.08. The summed E-state index contributed by atoms with van der Waals surface area (Å²) in [5.41, 5.74) is 5.56. The van der Waals surface area contributed by atoms with E-state index in [1.807, 2.05) is 12.1 Å². The number of hydrogen-bond acceptors (Lipinski definition) is 4. The molecule has 0 heterocycles. The molecule has 0 saturated carbocycles. The lowest BCUT2D eigenvalue weighted by Gasteiger charge is -2.13. The molecule has 24 heavy (non-hydrogen) atoms. The zero-order valence-corrected chi connectivity index (χ0v) is 14.3. The van der Waals surface area contributed by atoms with Crippen molar-refractivity contribution in [3.63, 3.8) is 0 Å². The molecule has 1 amide bonds. The monoisotopic (exact) mass is 326 g/mol. The lowest BCUT2D eigenvalue weighted by atomic mass is 10.0. The van der Waals surface area contributed by atoms with Crippen LogP contribution in [0.2, 0.25) is 0 Å². The summed E-state index contributed by atoms with van der Waals surface area (Å²) >= 11 is 0. The Morgan fingerprint density at radius 3 is 2.00 bits per heavy atom. The highest BCUT2D eigenvalue weighted by atomic mass is 16.5. The predicted octanol–water partition coefficient (Wildman–Crippen LogP) is 3.25. The third kappa shape index (κ3) is 3.81. The minimum absolute atomic E-state index is 0.386. The molecule has 5 heteroatoms. The Kier molecular flexibility index (Phi) is 5.36. The molecule has 0 radical (unpaired) electrons. The summed E-state index contributed by atoms with van der Waals surface area (Å²) in [6, 6.07) is 10.7. The van der Waals surface area contributed by atoms with Gasteiger partial charge in [0, 0.05) is 5.56 Å². The Labute approximate surface area is 141 Å². The molecule has 2 aromatic rings. The van der Waals surface area contributed by atoms with E-state index in [1.165, 1.54) is 0 Å². The molecule has 126 valence electrons. The normalized spacial score (nSPS) is 10.6. The van der Waals surface area contributed by atoms with Gasteiger partial charge in [0.05, 0.1) is 5.56 Å². The highest BCUT2D eigenvalue weighted by molar-refractivity contribution is 5.95. The molecule has 2 rings (SSSR count).